The Hall–Kier alpha value is -1.01. The maximum atomic E-state index is 11.3. The Morgan fingerprint density at radius 2 is 2.20 bits per heavy atom. The van der Waals surface area contributed by atoms with Crippen LogP contribution in [-0.2, 0) is 4.79 Å². The van der Waals surface area contributed by atoms with Gasteiger partial charge in [0.2, 0.25) is 5.91 Å². The second kappa shape index (κ2) is 6.47. The highest BCUT2D eigenvalue weighted by Crippen LogP contribution is 2.06. The van der Waals surface area contributed by atoms with E-state index in [2.05, 4.69) is 31.2 Å². The average Bonchev–Trinajstić information content (AvgIpc) is 2.22. The third kappa shape index (κ3) is 4.85. The summed E-state index contributed by atoms with van der Waals surface area (Å²) in [4.78, 5) is 19.3. The zero-order valence-electron chi connectivity index (χ0n) is 8.24. The molecular formula is C9H13BrN4O. The molecule has 1 amide bonds. The number of nitrogens with one attached hydrogen (secondary N) is 1. The van der Waals surface area contributed by atoms with Gasteiger partial charge in [-0.05, 0) is 35.3 Å². The third-order valence-corrected chi connectivity index (χ3v) is 2.16. The Balaban J connectivity index is 2.34. The number of hydrogen-bond acceptors (Lipinski definition) is 4. The van der Waals surface area contributed by atoms with E-state index in [0.29, 0.717) is 23.4 Å². The summed E-state index contributed by atoms with van der Waals surface area (Å²) in [5, 5.41) is 2.65. The van der Waals surface area contributed by atoms with E-state index in [4.69, 9.17) is 5.73 Å². The Kier molecular flexibility index (Phi) is 5.20. The molecule has 0 bridgehead atoms. The molecule has 0 aliphatic carbocycles. The molecule has 1 aromatic rings. The Labute approximate surface area is 96.6 Å². The SMILES string of the molecule is NCCCCC(=O)Nc1cnc(Br)cn1. The zero-order valence-corrected chi connectivity index (χ0v) is 9.83. The lowest BCUT2D eigenvalue weighted by Crippen LogP contribution is -2.13. The number of unbranched alkanes of at least 4 members (excludes halogenated alkanes) is 1. The van der Waals surface area contributed by atoms with Crippen LogP contribution in [0.15, 0.2) is 17.0 Å². The first-order chi connectivity index (χ1) is 7.22. The molecule has 0 aliphatic heterocycles. The van der Waals surface area contributed by atoms with Crippen LogP contribution in [0.1, 0.15) is 19.3 Å². The number of amides is 1. The monoisotopic (exact) mass is 272 g/mol. The van der Waals surface area contributed by atoms with Gasteiger partial charge in [0.15, 0.2) is 5.82 Å². The van der Waals surface area contributed by atoms with E-state index >= 15 is 0 Å². The fraction of sp³-hybridized carbons (Fsp3) is 0.444. The molecule has 6 heteroatoms. The number of aromatic nitrogens is 2. The first kappa shape index (κ1) is 12.1. The lowest BCUT2D eigenvalue weighted by atomic mass is 10.2. The van der Waals surface area contributed by atoms with Crippen LogP contribution in [0.2, 0.25) is 0 Å². The Morgan fingerprint density at radius 1 is 1.40 bits per heavy atom. The van der Waals surface area contributed by atoms with Gasteiger partial charge in [-0.15, -0.1) is 0 Å². The second-order valence-electron chi connectivity index (χ2n) is 3.02. The van der Waals surface area contributed by atoms with Crippen molar-refractivity contribution in [3.63, 3.8) is 0 Å². The molecule has 3 N–H and O–H groups in total. The van der Waals surface area contributed by atoms with Gasteiger partial charge < -0.3 is 11.1 Å². The summed E-state index contributed by atoms with van der Waals surface area (Å²) < 4.78 is 0.642. The van der Waals surface area contributed by atoms with Crippen LogP contribution < -0.4 is 11.1 Å². The van der Waals surface area contributed by atoms with Gasteiger partial charge in [0.25, 0.3) is 0 Å². The molecule has 15 heavy (non-hydrogen) atoms. The van der Waals surface area contributed by atoms with Crippen LogP contribution in [0.5, 0.6) is 0 Å². The number of carbonyl (C=O) groups is 1. The molecule has 82 valence electrons. The minimum atomic E-state index is -0.0555. The largest absolute Gasteiger partial charge is 0.330 e. The number of nitrogens with two attached hydrogens (primary N) is 1. The summed E-state index contributed by atoms with van der Waals surface area (Å²) in [6, 6.07) is 0. The van der Waals surface area contributed by atoms with Gasteiger partial charge in [0.1, 0.15) is 4.60 Å². The van der Waals surface area contributed by atoms with E-state index in [1.165, 1.54) is 12.4 Å². The van der Waals surface area contributed by atoms with Crippen LogP contribution in [0, 0.1) is 0 Å². The molecule has 0 fully saturated rings. The number of halogens is 1. The molecule has 0 unspecified atom stereocenters. The van der Waals surface area contributed by atoms with E-state index < -0.39 is 0 Å². The van der Waals surface area contributed by atoms with E-state index in [0.717, 1.165) is 12.8 Å². The third-order valence-electron chi connectivity index (χ3n) is 1.75. The van der Waals surface area contributed by atoms with Crippen molar-refractivity contribution in [3.8, 4) is 0 Å². The quantitative estimate of drug-likeness (QED) is 0.792. The van der Waals surface area contributed by atoms with Gasteiger partial charge in [-0.1, -0.05) is 0 Å². The van der Waals surface area contributed by atoms with Gasteiger partial charge in [-0.2, -0.15) is 0 Å². The fourth-order valence-electron chi connectivity index (χ4n) is 1.01. The van der Waals surface area contributed by atoms with Gasteiger partial charge in [-0.25, -0.2) is 9.97 Å². The molecule has 1 aromatic heterocycles. The summed E-state index contributed by atoms with van der Waals surface area (Å²) in [6.45, 7) is 0.616. The van der Waals surface area contributed by atoms with Crippen molar-refractivity contribution in [1.82, 2.24) is 9.97 Å². The number of anilines is 1. The number of rotatable bonds is 5. The molecular weight excluding hydrogens is 260 g/mol. The zero-order chi connectivity index (χ0) is 11.1. The van der Waals surface area contributed by atoms with Crippen LogP contribution >= 0.6 is 15.9 Å². The highest BCUT2D eigenvalue weighted by Gasteiger charge is 2.02. The number of carbonyl (C=O) groups excluding carboxylic acids is 1. The molecule has 0 saturated heterocycles. The summed E-state index contributed by atoms with van der Waals surface area (Å²) in [5.41, 5.74) is 5.32. The molecule has 0 spiro atoms. The maximum Gasteiger partial charge on any atom is 0.225 e. The maximum absolute atomic E-state index is 11.3. The predicted octanol–water partition coefficient (Wildman–Crippen LogP) is 1.31. The topological polar surface area (TPSA) is 80.9 Å². The molecule has 1 heterocycles. The van der Waals surface area contributed by atoms with Gasteiger partial charge in [0.05, 0.1) is 12.4 Å². The highest BCUT2D eigenvalue weighted by molar-refractivity contribution is 9.10. The van der Waals surface area contributed by atoms with Crippen molar-refractivity contribution >= 4 is 27.7 Å². The van der Waals surface area contributed by atoms with Gasteiger partial charge in [0, 0.05) is 6.42 Å². The molecule has 1 rings (SSSR count). The Morgan fingerprint density at radius 3 is 2.80 bits per heavy atom. The first-order valence-electron chi connectivity index (χ1n) is 4.70. The van der Waals surface area contributed by atoms with Crippen molar-refractivity contribution in [3.05, 3.63) is 17.0 Å². The van der Waals surface area contributed by atoms with Crippen molar-refractivity contribution in [2.24, 2.45) is 5.73 Å². The minimum absolute atomic E-state index is 0.0555. The second-order valence-corrected chi connectivity index (χ2v) is 3.83. The molecule has 0 radical (unpaired) electrons. The summed E-state index contributed by atoms with van der Waals surface area (Å²) in [6.07, 6.45) is 5.17. The lowest BCUT2D eigenvalue weighted by Gasteiger charge is -2.03. The smallest absolute Gasteiger partial charge is 0.225 e. The lowest BCUT2D eigenvalue weighted by molar-refractivity contribution is -0.116. The van der Waals surface area contributed by atoms with Crippen LogP contribution in [-0.4, -0.2) is 22.4 Å². The normalized spacial score (nSPS) is 10.0. The fourth-order valence-corrected chi connectivity index (χ4v) is 1.22. The molecule has 0 aliphatic rings. The summed E-state index contributed by atoms with van der Waals surface area (Å²) in [7, 11) is 0. The predicted molar refractivity (Wildman–Crippen MR) is 61.3 cm³/mol. The first-order valence-corrected chi connectivity index (χ1v) is 5.49. The molecule has 0 saturated carbocycles. The van der Waals surface area contributed by atoms with Crippen molar-refractivity contribution in [2.75, 3.05) is 11.9 Å². The standard InChI is InChI=1S/C9H13BrN4O/c10-7-5-13-8(6-12-7)14-9(15)3-1-2-4-11/h5-6H,1-4,11H2,(H,13,14,15). The number of hydrogen-bond donors (Lipinski definition) is 2. The molecule has 5 nitrogen and oxygen atoms in total. The molecule has 0 atom stereocenters. The van der Waals surface area contributed by atoms with Crippen molar-refractivity contribution < 1.29 is 4.79 Å². The van der Waals surface area contributed by atoms with E-state index in [1.54, 1.807) is 0 Å². The van der Waals surface area contributed by atoms with E-state index in [-0.39, 0.29) is 5.91 Å². The summed E-state index contributed by atoms with van der Waals surface area (Å²) in [5.74, 6) is 0.413. The highest BCUT2D eigenvalue weighted by atomic mass is 79.9. The summed E-state index contributed by atoms with van der Waals surface area (Å²) >= 11 is 3.16. The van der Waals surface area contributed by atoms with Crippen LogP contribution in [0.25, 0.3) is 0 Å². The van der Waals surface area contributed by atoms with Crippen LogP contribution in [0.4, 0.5) is 5.82 Å². The van der Waals surface area contributed by atoms with Gasteiger partial charge >= 0.3 is 0 Å². The Bertz CT molecular complexity index is 314. The van der Waals surface area contributed by atoms with Crippen LogP contribution in [0.3, 0.4) is 0 Å². The van der Waals surface area contributed by atoms with Crippen molar-refractivity contribution in [1.29, 1.82) is 0 Å². The van der Waals surface area contributed by atoms with E-state index in [1.807, 2.05) is 0 Å². The van der Waals surface area contributed by atoms with E-state index in [9.17, 15) is 4.79 Å². The average molecular weight is 273 g/mol. The molecule has 0 aromatic carbocycles. The minimum Gasteiger partial charge on any atom is -0.330 e. The number of nitrogens with zero attached hydrogens (tertiary/aromatic N) is 2. The van der Waals surface area contributed by atoms with Crippen molar-refractivity contribution in [2.45, 2.75) is 19.3 Å². The van der Waals surface area contributed by atoms with Gasteiger partial charge in [-0.3, -0.25) is 4.79 Å².